The number of nitrogens with zero attached hydrogens (tertiary/aromatic N) is 1. The van der Waals surface area contributed by atoms with E-state index in [1.54, 1.807) is 12.1 Å². The Balaban J connectivity index is 2.08. The molecule has 100 valence electrons. The van der Waals surface area contributed by atoms with Gasteiger partial charge in [-0.15, -0.1) is 0 Å². The average molecular weight is 268 g/mol. The second kappa shape index (κ2) is 5.50. The van der Waals surface area contributed by atoms with Crippen molar-refractivity contribution in [2.24, 2.45) is 5.41 Å². The summed E-state index contributed by atoms with van der Waals surface area (Å²) >= 11 is 6.16. The molecule has 0 amide bonds. The highest BCUT2D eigenvalue weighted by Gasteiger charge is 2.35. The summed E-state index contributed by atoms with van der Waals surface area (Å²) in [5, 5.41) is 10.6. The first kappa shape index (κ1) is 13.7. The van der Waals surface area contributed by atoms with Gasteiger partial charge in [-0.1, -0.05) is 31.5 Å². The molecular weight excluding hydrogens is 246 g/mol. The van der Waals surface area contributed by atoms with Crippen LogP contribution in [0.1, 0.15) is 38.7 Å². The van der Waals surface area contributed by atoms with Crippen molar-refractivity contribution in [2.45, 2.75) is 39.7 Å². The van der Waals surface area contributed by atoms with E-state index >= 15 is 0 Å². The van der Waals surface area contributed by atoms with Crippen LogP contribution in [0.25, 0.3) is 0 Å². The van der Waals surface area contributed by atoms with Gasteiger partial charge in [-0.3, -0.25) is 4.90 Å². The van der Waals surface area contributed by atoms with Crippen molar-refractivity contribution in [1.29, 1.82) is 0 Å². The van der Waals surface area contributed by atoms with Crippen LogP contribution in [0, 0.1) is 5.41 Å². The number of aromatic hydroxyl groups is 1. The van der Waals surface area contributed by atoms with E-state index in [2.05, 4.69) is 18.7 Å². The minimum absolute atomic E-state index is 0.313. The lowest BCUT2D eigenvalue weighted by atomic mass is 9.82. The molecule has 2 nitrogen and oxygen atoms in total. The lowest BCUT2D eigenvalue weighted by Crippen LogP contribution is -2.26. The molecule has 0 aliphatic carbocycles. The van der Waals surface area contributed by atoms with Crippen LogP contribution in [0.15, 0.2) is 18.2 Å². The maximum absolute atomic E-state index is 9.89. The van der Waals surface area contributed by atoms with E-state index in [1.807, 2.05) is 6.07 Å². The number of phenolic OH excluding ortho intramolecular Hbond substituents is 1. The molecule has 0 atom stereocenters. The molecule has 1 aromatic rings. The summed E-state index contributed by atoms with van der Waals surface area (Å²) in [5.41, 5.74) is 1.33. The lowest BCUT2D eigenvalue weighted by Gasteiger charge is -2.26. The Morgan fingerprint density at radius 1 is 1.33 bits per heavy atom. The monoisotopic (exact) mass is 267 g/mol. The van der Waals surface area contributed by atoms with Crippen molar-refractivity contribution < 1.29 is 5.11 Å². The van der Waals surface area contributed by atoms with Gasteiger partial charge in [0.1, 0.15) is 5.75 Å². The van der Waals surface area contributed by atoms with E-state index in [0.717, 1.165) is 25.2 Å². The van der Waals surface area contributed by atoms with Gasteiger partial charge in [0, 0.05) is 23.7 Å². The Bertz CT molecular complexity index is 395. The predicted octanol–water partition coefficient (Wildman–Crippen LogP) is 4.06. The molecule has 0 radical (unpaired) electrons. The molecule has 18 heavy (non-hydrogen) atoms. The van der Waals surface area contributed by atoms with E-state index in [-0.39, 0.29) is 0 Å². The smallest absolute Gasteiger partial charge is 0.121 e. The molecule has 0 bridgehead atoms. The fourth-order valence-corrected chi connectivity index (χ4v) is 3.15. The van der Waals surface area contributed by atoms with Gasteiger partial charge in [-0.05, 0) is 43.4 Å². The third kappa shape index (κ3) is 2.65. The molecule has 1 aliphatic rings. The van der Waals surface area contributed by atoms with Crippen molar-refractivity contribution in [3.63, 3.8) is 0 Å². The Morgan fingerprint density at radius 2 is 2.06 bits per heavy atom. The first-order valence-electron chi connectivity index (χ1n) is 6.79. The molecule has 2 rings (SSSR count). The first-order valence-corrected chi connectivity index (χ1v) is 7.17. The van der Waals surface area contributed by atoms with E-state index in [4.69, 9.17) is 11.6 Å². The summed E-state index contributed by atoms with van der Waals surface area (Å²) in [5.74, 6) is 0.313. The Morgan fingerprint density at radius 3 is 2.61 bits per heavy atom. The van der Waals surface area contributed by atoms with Crippen LogP contribution in [-0.4, -0.2) is 23.1 Å². The Labute approximate surface area is 115 Å². The molecule has 3 heteroatoms. The van der Waals surface area contributed by atoms with Gasteiger partial charge in [0.15, 0.2) is 0 Å². The molecule has 1 saturated heterocycles. The third-order valence-electron chi connectivity index (χ3n) is 4.49. The summed E-state index contributed by atoms with van der Waals surface area (Å²) in [6, 6.07) is 5.34. The SMILES string of the molecule is CCC1(CC)CCN(Cc2c(O)cccc2Cl)C1. The average Bonchev–Trinajstić information content (AvgIpc) is 2.78. The van der Waals surface area contributed by atoms with E-state index in [0.29, 0.717) is 16.2 Å². The summed E-state index contributed by atoms with van der Waals surface area (Å²) in [7, 11) is 0. The zero-order valence-corrected chi connectivity index (χ0v) is 12.0. The molecular formula is C15H22ClNO. The molecule has 0 saturated carbocycles. The zero-order chi connectivity index (χ0) is 13.2. The highest BCUT2D eigenvalue weighted by atomic mass is 35.5. The Hall–Kier alpha value is -0.730. The largest absolute Gasteiger partial charge is 0.508 e. The van der Waals surface area contributed by atoms with E-state index in [1.165, 1.54) is 19.3 Å². The van der Waals surface area contributed by atoms with Gasteiger partial charge in [0.05, 0.1) is 0 Å². The lowest BCUT2D eigenvalue weighted by molar-refractivity contribution is 0.235. The highest BCUT2D eigenvalue weighted by Crippen LogP contribution is 2.38. The molecule has 1 aromatic carbocycles. The highest BCUT2D eigenvalue weighted by molar-refractivity contribution is 6.31. The number of halogens is 1. The van der Waals surface area contributed by atoms with Crippen LogP contribution in [0.5, 0.6) is 5.75 Å². The van der Waals surface area contributed by atoms with Gasteiger partial charge in [0.25, 0.3) is 0 Å². The Kier molecular flexibility index (Phi) is 4.18. The van der Waals surface area contributed by atoms with Gasteiger partial charge in [0.2, 0.25) is 0 Å². The molecule has 0 spiro atoms. The van der Waals surface area contributed by atoms with Crippen LogP contribution in [0.3, 0.4) is 0 Å². The van der Waals surface area contributed by atoms with Crippen LogP contribution in [0.4, 0.5) is 0 Å². The molecule has 1 fully saturated rings. The summed E-state index contributed by atoms with van der Waals surface area (Å²) in [4.78, 5) is 2.41. The third-order valence-corrected chi connectivity index (χ3v) is 4.85. The van der Waals surface area contributed by atoms with Crippen LogP contribution in [-0.2, 0) is 6.54 Å². The number of benzene rings is 1. The standard InChI is InChI=1S/C15H22ClNO/c1-3-15(4-2)8-9-17(11-15)10-12-13(16)6-5-7-14(12)18/h5-7,18H,3-4,8-11H2,1-2H3. The molecule has 1 heterocycles. The fraction of sp³-hybridized carbons (Fsp3) is 0.600. The first-order chi connectivity index (χ1) is 8.60. The van der Waals surface area contributed by atoms with E-state index in [9.17, 15) is 5.11 Å². The quantitative estimate of drug-likeness (QED) is 0.889. The minimum Gasteiger partial charge on any atom is -0.508 e. The number of hydrogen-bond donors (Lipinski definition) is 1. The van der Waals surface area contributed by atoms with Crippen molar-refractivity contribution in [3.8, 4) is 5.75 Å². The predicted molar refractivity (Wildman–Crippen MR) is 76.0 cm³/mol. The molecule has 0 aromatic heterocycles. The van der Waals surface area contributed by atoms with Crippen LogP contribution < -0.4 is 0 Å². The van der Waals surface area contributed by atoms with Gasteiger partial charge < -0.3 is 5.11 Å². The van der Waals surface area contributed by atoms with Crippen molar-refractivity contribution in [2.75, 3.05) is 13.1 Å². The maximum atomic E-state index is 9.89. The second-order valence-electron chi connectivity index (χ2n) is 5.41. The molecule has 0 unspecified atom stereocenters. The maximum Gasteiger partial charge on any atom is 0.121 e. The fourth-order valence-electron chi connectivity index (χ4n) is 2.92. The number of likely N-dealkylation sites (tertiary alicyclic amines) is 1. The summed E-state index contributed by atoms with van der Waals surface area (Å²) in [6.07, 6.45) is 3.72. The van der Waals surface area contributed by atoms with Crippen molar-refractivity contribution in [1.82, 2.24) is 4.90 Å². The van der Waals surface area contributed by atoms with Crippen molar-refractivity contribution >= 4 is 11.6 Å². The molecule has 1 aliphatic heterocycles. The number of phenols is 1. The van der Waals surface area contributed by atoms with Crippen molar-refractivity contribution in [3.05, 3.63) is 28.8 Å². The topological polar surface area (TPSA) is 23.5 Å². The van der Waals surface area contributed by atoms with Gasteiger partial charge in [-0.2, -0.15) is 0 Å². The normalized spacial score (nSPS) is 19.3. The van der Waals surface area contributed by atoms with E-state index < -0.39 is 0 Å². The van der Waals surface area contributed by atoms with Crippen LogP contribution in [0.2, 0.25) is 5.02 Å². The summed E-state index contributed by atoms with van der Waals surface area (Å²) < 4.78 is 0. The molecule has 1 N–H and O–H groups in total. The van der Waals surface area contributed by atoms with Gasteiger partial charge >= 0.3 is 0 Å². The number of rotatable bonds is 4. The second-order valence-corrected chi connectivity index (χ2v) is 5.81. The summed E-state index contributed by atoms with van der Waals surface area (Å²) in [6.45, 7) is 7.53. The van der Waals surface area contributed by atoms with Crippen LogP contribution >= 0.6 is 11.6 Å². The number of hydrogen-bond acceptors (Lipinski definition) is 2. The van der Waals surface area contributed by atoms with Gasteiger partial charge in [-0.25, -0.2) is 0 Å². The minimum atomic E-state index is 0.313. The zero-order valence-electron chi connectivity index (χ0n) is 11.2.